The van der Waals surface area contributed by atoms with Crippen molar-refractivity contribution in [2.75, 3.05) is 18.4 Å². The molecule has 0 bridgehead atoms. The van der Waals surface area contributed by atoms with E-state index in [1.165, 1.54) is 31.4 Å². The molecule has 1 saturated heterocycles. The highest BCUT2D eigenvalue weighted by Crippen LogP contribution is 2.22. The standard InChI is InChI=1S/C23H27N5/c1-2-8-19(9-3-1)18-28-17-7-5-10-20(28)12-15-25-23-26-16-13-22(27-23)21-11-4-6-14-24-21/h1-4,6,8-9,11,13-14,16,20H,5,7,10,12,15,17-18H2,(H,25,26,27)/t20-/m1/s1. The second-order valence-corrected chi connectivity index (χ2v) is 7.30. The van der Waals surface area contributed by atoms with E-state index < -0.39 is 0 Å². The Balaban J connectivity index is 1.33. The Kier molecular flexibility index (Phi) is 6.25. The Morgan fingerprint density at radius 1 is 0.893 bits per heavy atom. The minimum atomic E-state index is 0.612. The van der Waals surface area contributed by atoms with Crippen LogP contribution in [0, 0.1) is 0 Å². The zero-order chi connectivity index (χ0) is 19.0. The van der Waals surface area contributed by atoms with Crippen LogP contribution in [0.4, 0.5) is 5.95 Å². The highest BCUT2D eigenvalue weighted by atomic mass is 15.2. The molecule has 28 heavy (non-hydrogen) atoms. The van der Waals surface area contributed by atoms with Crippen LogP contribution in [0.3, 0.4) is 0 Å². The normalized spacial score (nSPS) is 17.4. The van der Waals surface area contributed by atoms with Crippen LogP contribution in [0.5, 0.6) is 0 Å². The topological polar surface area (TPSA) is 53.9 Å². The molecule has 1 aromatic carbocycles. The molecule has 144 valence electrons. The van der Waals surface area contributed by atoms with Crippen LogP contribution in [0.15, 0.2) is 67.0 Å². The van der Waals surface area contributed by atoms with Crippen LogP contribution >= 0.6 is 0 Å². The molecule has 0 saturated carbocycles. The van der Waals surface area contributed by atoms with Gasteiger partial charge in [-0.25, -0.2) is 9.97 Å². The van der Waals surface area contributed by atoms with E-state index >= 15 is 0 Å². The Bertz CT molecular complexity index is 853. The van der Waals surface area contributed by atoms with E-state index in [1.807, 2.05) is 24.3 Å². The number of pyridine rings is 1. The summed E-state index contributed by atoms with van der Waals surface area (Å²) in [5.74, 6) is 0.675. The molecule has 0 unspecified atom stereocenters. The Labute approximate surface area is 166 Å². The van der Waals surface area contributed by atoms with E-state index in [-0.39, 0.29) is 0 Å². The van der Waals surface area contributed by atoms with Crippen molar-refractivity contribution < 1.29 is 0 Å². The van der Waals surface area contributed by atoms with Gasteiger partial charge >= 0.3 is 0 Å². The molecule has 1 atom stereocenters. The lowest BCUT2D eigenvalue weighted by atomic mass is 9.98. The average molecular weight is 374 g/mol. The molecular formula is C23H27N5. The van der Waals surface area contributed by atoms with Crippen LogP contribution in [-0.4, -0.2) is 39.0 Å². The first kappa shape index (κ1) is 18.6. The summed E-state index contributed by atoms with van der Waals surface area (Å²) in [6.07, 6.45) is 8.57. The fourth-order valence-electron chi connectivity index (χ4n) is 3.86. The van der Waals surface area contributed by atoms with Crippen LogP contribution < -0.4 is 5.32 Å². The molecule has 4 rings (SSSR count). The van der Waals surface area contributed by atoms with Crippen molar-refractivity contribution in [2.45, 2.75) is 38.3 Å². The second kappa shape index (κ2) is 9.42. The van der Waals surface area contributed by atoms with E-state index in [4.69, 9.17) is 0 Å². The molecule has 3 aromatic rings. The number of nitrogens with zero attached hydrogens (tertiary/aromatic N) is 4. The number of hydrogen-bond donors (Lipinski definition) is 1. The molecule has 0 aliphatic carbocycles. The zero-order valence-electron chi connectivity index (χ0n) is 16.2. The molecule has 0 amide bonds. The van der Waals surface area contributed by atoms with Gasteiger partial charge in [-0.15, -0.1) is 0 Å². The number of anilines is 1. The fraction of sp³-hybridized carbons (Fsp3) is 0.348. The van der Waals surface area contributed by atoms with Crippen LogP contribution in [0.2, 0.25) is 0 Å². The van der Waals surface area contributed by atoms with E-state index in [0.717, 1.165) is 30.9 Å². The lowest BCUT2D eigenvalue weighted by Gasteiger charge is -2.36. The van der Waals surface area contributed by atoms with Crippen molar-refractivity contribution in [3.8, 4) is 11.4 Å². The summed E-state index contributed by atoms with van der Waals surface area (Å²) < 4.78 is 0. The third kappa shape index (κ3) is 4.93. The Hall–Kier alpha value is -2.79. The van der Waals surface area contributed by atoms with Crippen LogP contribution in [-0.2, 0) is 6.54 Å². The number of aromatic nitrogens is 3. The lowest BCUT2D eigenvalue weighted by molar-refractivity contribution is 0.135. The first-order chi connectivity index (χ1) is 13.9. The molecular weight excluding hydrogens is 346 g/mol. The van der Waals surface area contributed by atoms with Gasteiger partial charge in [-0.2, -0.15) is 0 Å². The van der Waals surface area contributed by atoms with Gasteiger partial charge in [0.15, 0.2) is 0 Å². The van der Waals surface area contributed by atoms with Crippen molar-refractivity contribution in [2.24, 2.45) is 0 Å². The van der Waals surface area contributed by atoms with E-state index in [0.29, 0.717) is 12.0 Å². The predicted octanol–water partition coefficient (Wildman–Crippen LogP) is 4.40. The fourth-order valence-corrected chi connectivity index (χ4v) is 3.86. The van der Waals surface area contributed by atoms with Crippen molar-refractivity contribution in [1.82, 2.24) is 19.9 Å². The summed E-state index contributed by atoms with van der Waals surface area (Å²) in [4.78, 5) is 16.0. The van der Waals surface area contributed by atoms with Gasteiger partial charge in [0, 0.05) is 31.5 Å². The minimum Gasteiger partial charge on any atom is -0.354 e. The van der Waals surface area contributed by atoms with Gasteiger partial charge in [-0.3, -0.25) is 9.88 Å². The molecule has 2 aromatic heterocycles. The number of nitrogens with one attached hydrogen (secondary N) is 1. The molecule has 0 radical (unpaired) electrons. The second-order valence-electron chi connectivity index (χ2n) is 7.30. The van der Waals surface area contributed by atoms with Crippen LogP contribution in [0.1, 0.15) is 31.2 Å². The summed E-state index contributed by atoms with van der Waals surface area (Å²) >= 11 is 0. The summed E-state index contributed by atoms with van der Waals surface area (Å²) in [7, 11) is 0. The Morgan fingerprint density at radius 2 is 1.79 bits per heavy atom. The maximum atomic E-state index is 4.61. The van der Waals surface area contributed by atoms with Crippen molar-refractivity contribution in [3.63, 3.8) is 0 Å². The third-order valence-corrected chi connectivity index (χ3v) is 5.32. The molecule has 1 N–H and O–H groups in total. The maximum absolute atomic E-state index is 4.61. The van der Waals surface area contributed by atoms with Gasteiger partial charge in [0.05, 0.1) is 11.4 Å². The largest absolute Gasteiger partial charge is 0.354 e. The van der Waals surface area contributed by atoms with Gasteiger partial charge in [0.2, 0.25) is 5.95 Å². The molecule has 1 fully saturated rings. The minimum absolute atomic E-state index is 0.612. The first-order valence-corrected chi connectivity index (χ1v) is 10.1. The van der Waals surface area contributed by atoms with Crippen molar-refractivity contribution >= 4 is 5.95 Å². The monoisotopic (exact) mass is 373 g/mol. The summed E-state index contributed by atoms with van der Waals surface area (Å²) in [6.45, 7) is 3.10. The number of benzene rings is 1. The zero-order valence-corrected chi connectivity index (χ0v) is 16.2. The molecule has 1 aliphatic rings. The van der Waals surface area contributed by atoms with E-state index in [9.17, 15) is 0 Å². The van der Waals surface area contributed by atoms with Gasteiger partial charge < -0.3 is 5.32 Å². The van der Waals surface area contributed by atoms with Crippen LogP contribution in [0.25, 0.3) is 11.4 Å². The number of rotatable bonds is 7. The van der Waals surface area contributed by atoms with Crippen molar-refractivity contribution in [3.05, 3.63) is 72.6 Å². The van der Waals surface area contributed by atoms with Gasteiger partial charge in [0.25, 0.3) is 0 Å². The Morgan fingerprint density at radius 3 is 2.64 bits per heavy atom. The number of piperidine rings is 1. The summed E-state index contributed by atoms with van der Waals surface area (Å²) in [6, 6.07) is 19.1. The van der Waals surface area contributed by atoms with Crippen molar-refractivity contribution in [1.29, 1.82) is 0 Å². The van der Waals surface area contributed by atoms with Gasteiger partial charge in [-0.05, 0) is 49.6 Å². The predicted molar refractivity (Wildman–Crippen MR) is 113 cm³/mol. The average Bonchev–Trinajstić information content (AvgIpc) is 2.77. The molecule has 0 spiro atoms. The molecule has 5 nitrogen and oxygen atoms in total. The maximum Gasteiger partial charge on any atom is 0.223 e. The third-order valence-electron chi connectivity index (χ3n) is 5.32. The highest BCUT2D eigenvalue weighted by Gasteiger charge is 2.22. The quantitative estimate of drug-likeness (QED) is 0.665. The summed E-state index contributed by atoms with van der Waals surface area (Å²) in [5, 5.41) is 3.41. The smallest absolute Gasteiger partial charge is 0.223 e. The molecule has 3 heterocycles. The number of hydrogen-bond acceptors (Lipinski definition) is 5. The highest BCUT2D eigenvalue weighted by molar-refractivity contribution is 5.54. The van der Waals surface area contributed by atoms with Gasteiger partial charge in [0.1, 0.15) is 0 Å². The van der Waals surface area contributed by atoms with Gasteiger partial charge in [-0.1, -0.05) is 42.8 Å². The summed E-state index contributed by atoms with van der Waals surface area (Å²) in [5.41, 5.74) is 3.12. The first-order valence-electron chi connectivity index (χ1n) is 10.1. The number of likely N-dealkylation sites (tertiary alicyclic amines) is 1. The lowest BCUT2D eigenvalue weighted by Crippen LogP contribution is -2.40. The van der Waals surface area contributed by atoms with E-state index in [2.05, 4.69) is 55.5 Å². The SMILES string of the molecule is c1ccc(CN2CCCC[C@@H]2CCNc2nccc(-c3ccccn3)n2)cc1. The van der Waals surface area contributed by atoms with E-state index in [1.54, 1.807) is 12.4 Å². The molecule has 5 heteroatoms. The molecule has 1 aliphatic heterocycles.